The van der Waals surface area contributed by atoms with E-state index in [-0.39, 0.29) is 24.0 Å². The summed E-state index contributed by atoms with van der Waals surface area (Å²) in [4.78, 5) is 27.7. The number of rotatable bonds is 7. The molecule has 4 rings (SSSR count). The van der Waals surface area contributed by atoms with Crippen LogP contribution in [0.2, 0.25) is 0 Å². The van der Waals surface area contributed by atoms with Gasteiger partial charge in [0.2, 0.25) is 0 Å². The van der Waals surface area contributed by atoms with Crippen LogP contribution in [0.5, 0.6) is 5.75 Å². The Balaban J connectivity index is 1.55. The second kappa shape index (κ2) is 10.3. The van der Waals surface area contributed by atoms with Crippen LogP contribution in [0.25, 0.3) is 0 Å². The van der Waals surface area contributed by atoms with Gasteiger partial charge < -0.3 is 28.3 Å². The predicted octanol–water partition coefficient (Wildman–Crippen LogP) is 1.73. The lowest BCUT2D eigenvalue weighted by molar-refractivity contribution is -0.0114. The predicted molar refractivity (Wildman–Crippen MR) is 115 cm³/mol. The fraction of sp³-hybridized carbons (Fsp3) is 0.565. The molecule has 32 heavy (non-hydrogen) atoms. The van der Waals surface area contributed by atoms with Gasteiger partial charge in [0, 0.05) is 44.4 Å². The molecule has 2 aliphatic heterocycles. The molecular weight excluding hydrogens is 416 g/mol. The largest absolute Gasteiger partial charge is 0.490 e. The summed E-state index contributed by atoms with van der Waals surface area (Å²) in [6.45, 7) is 3.11. The second-order valence-corrected chi connectivity index (χ2v) is 8.16. The van der Waals surface area contributed by atoms with Gasteiger partial charge in [0.1, 0.15) is 36.0 Å². The first-order chi connectivity index (χ1) is 15.6. The molecule has 1 fully saturated rings. The lowest BCUT2D eigenvalue weighted by atomic mass is 10.1. The van der Waals surface area contributed by atoms with Crippen LogP contribution in [0.4, 0.5) is 0 Å². The Bertz CT molecular complexity index is 991. The summed E-state index contributed by atoms with van der Waals surface area (Å²) in [6.07, 6.45) is 3.47. The number of methoxy groups -OCH3 is 1. The summed E-state index contributed by atoms with van der Waals surface area (Å²) in [5.74, 6) is 1.01. The van der Waals surface area contributed by atoms with E-state index in [9.17, 15) is 14.7 Å². The van der Waals surface area contributed by atoms with Gasteiger partial charge in [0.15, 0.2) is 0 Å². The molecule has 1 N–H and O–H groups in total. The monoisotopic (exact) mass is 446 g/mol. The number of pyridine rings is 1. The van der Waals surface area contributed by atoms with E-state index in [1.54, 1.807) is 10.6 Å². The number of fused-ring (bicyclic) bond motifs is 1. The van der Waals surface area contributed by atoms with Crippen LogP contribution in [0.15, 0.2) is 27.4 Å². The SMILES string of the molecule is COC(=O)c1c(OC[C@@H]2CCCCO2)cc(=O)n2c1CCN(Cc1ccc(CO)o1)CC2. The minimum atomic E-state index is -0.514. The summed E-state index contributed by atoms with van der Waals surface area (Å²) in [7, 11) is 1.33. The molecule has 9 heteroatoms. The number of aliphatic hydroxyl groups is 1. The van der Waals surface area contributed by atoms with Crippen LogP contribution in [0.1, 0.15) is 46.8 Å². The van der Waals surface area contributed by atoms with Gasteiger partial charge in [-0.25, -0.2) is 4.79 Å². The Morgan fingerprint density at radius 2 is 2.06 bits per heavy atom. The summed E-state index contributed by atoms with van der Waals surface area (Å²) >= 11 is 0. The molecule has 0 unspecified atom stereocenters. The maximum Gasteiger partial charge on any atom is 0.343 e. The molecule has 1 atom stereocenters. The Morgan fingerprint density at radius 3 is 2.78 bits per heavy atom. The maximum absolute atomic E-state index is 12.9. The summed E-state index contributed by atoms with van der Waals surface area (Å²) < 4.78 is 23.9. The number of hydrogen-bond donors (Lipinski definition) is 1. The minimum Gasteiger partial charge on any atom is -0.490 e. The normalized spacial score (nSPS) is 19.2. The Hall–Kier alpha value is -2.62. The molecule has 0 saturated carbocycles. The van der Waals surface area contributed by atoms with E-state index in [1.807, 2.05) is 6.07 Å². The molecular formula is C23H30N2O7. The lowest BCUT2D eigenvalue weighted by Crippen LogP contribution is -2.30. The number of carbonyl (C=O) groups excluding carboxylic acids is 1. The standard InChI is InChI=1S/C23H30N2O7/c1-29-23(28)22-19-7-8-24(13-16-5-6-17(14-26)32-16)9-10-25(19)21(27)12-20(22)31-15-18-4-2-3-11-30-18/h5-6,12,18,26H,2-4,7-11,13-15H2,1H3/t18-/m0/s1. The van der Waals surface area contributed by atoms with Crippen molar-refractivity contribution in [3.63, 3.8) is 0 Å². The molecule has 2 aromatic heterocycles. The average molecular weight is 447 g/mol. The number of nitrogens with zero attached hydrogens (tertiary/aromatic N) is 2. The number of aromatic nitrogens is 1. The molecule has 4 heterocycles. The number of furan rings is 1. The third kappa shape index (κ3) is 5.06. The van der Waals surface area contributed by atoms with E-state index >= 15 is 0 Å². The first-order valence-electron chi connectivity index (χ1n) is 11.1. The molecule has 1 saturated heterocycles. The Kier molecular flexibility index (Phi) is 7.29. The molecule has 2 aliphatic rings. The zero-order valence-electron chi connectivity index (χ0n) is 18.4. The molecule has 0 aliphatic carbocycles. The number of esters is 1. The van der Waals surface area contributed by atoms with E-state index in [4.69, 9.17) is 18.6 Å². The van der Waals surface area contributed by atoms with Crippen molar-refractivity contribution in [1.82, 2.24) is 9.47 Å². The Morgan fingerprint density at radius 1 is 1.22 bits per heavy atom. The highest BCUT2D eigenvalue weighted by molar-refractivity contribution is 5.93. The molecule has 9 nitrogen and oxygen atoms in total. The molecule has 0 spiro atoms. The topological polar surface area (TPSA) is 103 Å². The number of hydrogen-bond acceptors (Lipinski definition) is 8. The van der Waals surface area contributed by atoms with Crippen molar-refractivity contribution in [2.24, 2.45) is 0 Å². The highest BCUT2D eigenvalue weighted by atomic mass is 16.5. The van der Waals surface area contributed by atoms with Crippen molar-refractivity contribution in [2.75, 3.05) is 33.4 Å². The molecule has 0 amide bonds. The van der Waals surface area contributed by atoms with E-state index < -0.39 is 5.97 Å². The summed E-state index contributed by atoms with van der Waals surface area (Å²) in [6, 6.07) is 4.98. The van der Waals surface area contributed by atoms with E-state index in [0.29, 0.717) is 62.8 Å². The summed E-state index contributed by atoms with van der Waals surface area (Å²) in [5.41, 5.74) is 0.738. The van der Waals surface area contributed by atoms with Gasteiger partial charge in [-0.05, 0) is 31.4 Å². The van der Waals surface area contributed by atoms with Gasteiger partial charge in [0.25, 0.3) is 5.56 Å². The quantitative estimate of drug-likeness (QED) is 0.642. The molecule has 0 aromatic carbocycles. The van der Waals surface area contributed by atoms with Gasteiger partial charge in [-0.15, -0.1) is 0 Å². The number of carbonyl (C=O) groups is 1. The van der Waals surface area contributed by atoms with Crippen LogP contribution in [-0.2, 0) is 35.6 Å². The van der Waals surface area contributed by atoms with Gasteiger partial charge >= 0.3 is 5.97 Å². The minimum absolute atomic E-state index is 0.0385. The second-order valence-electron chi connectivity index (χ2n) is 8.16. The van der Waals surface area contributed by atoms with Crippen LogP contribution in [0, 0.1) is 0 Å². The highest BCUT2D eigenvalue weighted by Gasteiger charge is 2.27. The molecule has 174 valence electrons. The van der Waals surface area contributed by atoms with Gasteiger partial charge in [0.05, 0.1) is 19.8 Å². The zero-order chi connectivity index (χ0) is 22.5. The maximum atomic E-state index is 12.9. The third-order valence-electron chi connectivity index (χ3n) is 6.03. The van der Waals surface area contributed by atoms with Crippen molar-refractivity contribution >= 4 is 5.97 Å². The zero-order valence-corrected chi connectivity index (χ0v) is 18.4. The van der Waals surface area contributed by atoms with Gasteiger partial charge in [-0.1, -0.05) is 0 Å². The molecule has 0 radical (unpaired) electrons. The van der Waals surface area contributed by atoms with E-state index in [2.05, 4.69) is 4.90 Å². The van der Waals surface area contributed by atoms with Gasteiger partial charge in [-0.2, -0.15) is 0 Å². The van der Waals surface area contributed by atoms with Crippen molar-refractivity contribution in [2.45, 2.75) is 51.5 Å². The highest BCUT2D eigenvalue weighted by Crippen LogP contribution is 2.25. The van der Waals surface area contributed by atoms with Crippen molar-refractivity contribution in [3.8, 4) is 5.75 Å². The summed E-state index contributed by atoms with van der Waals surface area (Å²) in [5, 5.41) is 9.20. The van der Waals surface area contributed by atoms with Crippen LogP contribution >= 0.6 is 0 Å². The van der Waals surface area contributed by atoms with Crippen LogP contribution in [-0.4, -0.2) is 60.1 Å². The first-order valence-corrected chi connectivity index (χ1v) is 11.1. The molecule has 0 bridgehead atoms. The van der Waals surface area contributed by atoms with Crippen LogP contribution < -0.4 is 10.3 Å². The molecule has 2 aromatic rings. The smallest absolute Gasteiger partial charge is 0.343 e. The fourth-order valence-corrected chi connectivity index (χ4v) is 4.32. The van der Waals surface area contributed by atoms with E-state index in [1.165, 1.54) is 13.2 Å². The fourth-order valence-electron chi connectivity index (χ4n) is 4.32. The van der Waals surface area contributed by atoms with Crippen molar-refractivity contribution in [3.05, 3.63) is 51.3 Å². The Labute approximate surface area is 186 Å². The van der Waals surface area contributed by atoms with Crippen molar-refractivity contribution in [1.29, 1.82) is 0 Å². The average Bonchev–Trinajstić information content (AvgIpc) is 3.17. The number of aliphatic hydroxyl groups excluding tert-OH is 1. The van der Waals surface area contributed by atoms with Crippen molar-refractivity contribution < 1.29 is 28.5 Å². The van der Waals surface area contributed by atoms with Gasteiger partial charge in [-0.3, -0.25) is 9.69 Å². The third-order valence-corrected chi connectivity index (χ3v) is 6.03. The first kappa shape index (κ1) is 22.6. The number of ether oxygens (including phenoxy) is 3. The van der Waals surface area contributed by atoms with Crippen LogP contribution in [0.3, 0.4) is 0 Å². The lowest BCUT2D eigenvalue weighted by Gasteiger charge is -2.24. The van der Waals surface area contributed by atoms with E-state index in [0.717, 1.165) is 25.0 Å².